The molecule has 2 rings (SSSR count). The predicted molar refractivity (Wildman–Crippen MR) is 106 cm³/mol. The molecule has 2 atom stereocenters. The van der Waals surface area contributed by atoms with E-state index in [-0.39, 0.29) is 11.6 Å². The van der Waals surface area contributed by atoms with E-state index in [0.717, 1.165) is 0 Å². The third kappa shape index (κ3) is 4.21. The molecule has 0 fully saturated rings. The highest BCUT2D eigenvalue weighted by molar-refractivity contribution is 6.99. The zero-order valence-corrected chi connectivity index (χ0v) is 16.6. The van der Waals surface area contributed by atoms with Gasteiger partial charge in [0.2, 0.25) is 0 Å². The van der Waals surface area contributed by atoms with Gasteiger partial charge in [-0.1, -0.05) is 81.4 Å². The molecule has 136 valence electrons. The molecule has 25 heavy (non-hydrogen) atoms. The van der Waals surface area contributed by atoms with Crippen molar-refractivity contribution in [3.8, 4) is 0 Å². The summed E-state index contributed by atoms with van der Waals surface area (Å²) in [5, 5.41) is 21.9. The fraction of sp³-hybridized carbons (Fsp3) is 0.429. The molecule has 0 aliphatic heterocycles. The number of aliphatic hydroxyl groups excluding tert-OH is 2. The molecule has 3 nitrogen and oxygen atoms in total. The first-order valence-corrected chi connectivity index (χ1v) is 10.8. The molecule has 0 saturated carbocycles. The van der Waals surface area contributed by atoms with Gasteiger partial charge in [0, 0.05) is 6.61 Å². The molecule has 0 aromatic heterocycles. The smallest absolute Gasteiger partial charge is 0.261 e. The van der Waals surface area contributed by atoms with E-state index in [1.807, 2.05) is 36.4 Å². The Kier molecular flexibility index (Phi) is 6.57. The lowest BCUT2D eigenvalue weighted by Crippen LogP contribution is -2.68. The van der Waals surface area contributed by atoms with Crippen molar-refractivity contribution >= 4 is 18.7 Å². The first-order chi connectivity index (χ1) is 11.8. The van der Waals surface area contributed by atoms with Gasteiger partial charge in [-0.2, -0.15) is 0 Å². The molecule has 1 unspecified atom stereocenters. The van der Waals surface area contributed by atoms with E-state index < -0.39 is 20.5 Å². The number of aliphatic hydroxyl groups is 2. The Morgan fingerprint density at radius 1 is 0.920 bits per heavy atom. The van der Waals surface area contributed by atoms with Gasteiger partial charge in [0.05, 0.1) is 12.2 Å². The van der Waals surface area contributed by atoms with E-state index in [9.17, 15) is 10.2 Å². The van der Waals surface area contributed by atoms with Crippen LogP contribution in [0.5, 0.6) is 0 Å². The standard InChI is InChI=1S/C21H30O3Si/c1-17(23)20(15-16-22)24-25(21(2,3)4,18-11-7-5-8-12-18)19-13-9-6-10-14-19/h5-14,17,20,22-23H,15-16H2,1-4H3/t17?,20-/m1/s1. The third-order valence-electron chi connectivity index (χ3n) is 4.70. The maximum absolute atomic E-state index is 10.3. The largest absolute Gasteiger partial charge is 0.402 e. The number of rotatable bonds is 7. The van der Waals surface area contributed by atoms with Gasteiger partial charge in [0.25, 0.3) is 8.32 Å². The molecule has 0 amide bonds. The second-order valence-corrected chi connectivity index (χ2v) is 11.8. The summed E-state index contributed by atoms with van der Waals surface area (Å²) in [6.07, 6.45) is -0.632. The Bertz CT molecular complexity index is 596. The lowest BCUT2D eigenvalue weighted by atomic mass is 10.2. The van der Waals surface area contributed by atoms with Gasteiger partial charge in [0.1, 0.15) is 0 Å². The van der Waals surface area contributed by atoms with Gasteiger partial charge < -0.3 is 14.6 Å². The van der Waals surface area contributed by atoms with E-state index in [0.29, 0.717) is 6.42 Å². The summed E-state index contributed by atoms with van der Waals surface area (Å²) in [6, 6.07) is 20.7. The van der Waals surface area contributed by atoms with Gasteiger partial charge in [0.15, 0.2) is 0 Å². The van der Waals surface area contributed by atoms with Crippen LogP contribution in [0.1, 0.15) is 34.1 Å². The van der Waals surface area contributed by atoms with Crippen LogP contribution in [0.15, 0.2) is 60.7 Å². The van der Waals surface area contributed by atoms with Crippen LogP contribution in [0.2, 0.25) is 5.04 Å². The Balaban J connectivity index is 2.68. The molecule has 0 aliphatic rings. The molecule has 0 heterocycles. The number of hydrogen-bond donors (Lipinski definition) is 2. The first-order valence-electron chi connectivity index (χ1n) is 8.90. The van der Waals surface area contributed by atoms with Crippen LogP contribution >= 0.6 is 0 Å². The van der Waals surface area contributed by atoms with Gasteiger partial charge in [-0.15, -0.1) is 0 Å². The van der Waals surface area contributed by atoms with Crippen molar-refractivity contribution in [2.24, 2.45) is 0 Å². The summed E-state index contributed by atoms with van der Waals surface area (Å²) in [5.74, 6) is 0. The fourth-order valence-electron chi connectivity index (χ4n) is 3.44. The highest BCUT2D eigenvalue weighted by Gasteiger charge is 2.51. The van der Waals surface area contributed by atoms with Gasteiger partial charge in [-0.05, 0) is 28.8 Å². The molecule has 0 radical (unpaired) electrons. The summed E-state index contributed by atoms with van der Waals surface area (Å²) in [7, 11) is -2.68. The van der Waals surface area contributed by atoms with Crippen LogP contribution in [0.3, 0.4) is 0 Å². The third-order valence-corrected chi connectivity index (χ3v) is 9.76. The topological polar surface area (TPSA) is 49.7 Å². The number of benzene rings is 2. The quantitative estimate of drug-likeness (QED) is 0.748. The first kappa shape index (κ1) is 19.9. The minimum Gasteiger partial charge on any atom is -0.402 e. The molecule has 2 aromatic rings. The minimum absolute atomic E-state index is 0.00618. The van der Waals surface area contributed by atoms with E-state index in [1.54, 1.807) is 6.92 Å². The van der Waals surface area contributed by atoms with Crippen molar-refractivity contribution < 1.29 is 14.6 Å². The van der Waals surface area contributed by atoms with Crippen molar-refractivity contribution in [1.82, 2.24) is 0 Å². The zero-order chi connectivity index (χ0) is 18.5. The van der Waals surface area contributed by atoms with Crippen LogP contribution in [-0.4, -0.2) is 37.3 Å². The van der Waals surface area contributed by atoms with Crippen LogP contribution in [0.25, 0.3) is 0 Å². The second kappa shape index (κ2) is 8.28. The van der Waals surface area contributed by atoms with E-state index in [4.69, 9.17) is 4.43 Å². The lowest BCUT2D eigenvalue weighted by Gasteiger charge is -2.45. The van der Waals surface area contributed by atoms with Crippen LogP contribution in [0.4, 0.5) is 0 Å². The van der Waals surface area contributed by atoms with Crippen molar-refractivity contribution in [1.29, 1.82) is 0 Å². The Hall–Kier alpha value is -1.46. The summed E-state index contributed by atoms with van der Waals surface area (Å²) in [6.45, 7) is 8.34. The van der Waals surface area contributed by atoms with Crippen molar-refractivity contribution in [2.75, 3.05) is 6.61 Å². The van der Waals surface area contributed by atoms with Crippen LogP contribution < -0.4 is 10.4 Å². The van der Waals surface area contributed by atoms with E-state index in [1.165, 1.54) is 10.4 Å². The summed E-state index contributed by atoms with van der Waals surface area (Å²) in [4.78, 5) is 0. The Labute approximate surface area is 152 Å². The maximum Gasteiger partial charge on any atom is 0.261 e. The maximum atomic E-state index is 10.3. The highest BCUT2D eigenvalue weighted by atomic mass is 28.4. The van der Waals surface area contributed by atoms with Gasteiger partial charge in [-0.3, -0.25) is 0 Å². The van der Waals surface area contributed by atoms with E-state index >= 15 is 0 Å². The average Bonchev–Trinajstić information content (AvgIpc) is 2.59. The summed E-state index contributed by atoms with van der Waals surface area (Å²) in [5.41, 5.74) is 0. The fourth-order valence-corrected chi connectivity index (χ4v) is 8.23. The molecule has 2 N–H and O–H groups in total. The Morgan fingerprint density at radius 2 is 1.36 bits per heavy atom. The van der Waals surface area contributed by atoms with Crippen LogP contribution in [-0.2, 0) is 4.43 Å². The second-order valence-electron chi connectivity index (χ2n) is 7.57. The van der Waals surface area contributed by atoms with Crippen molar-refractivity contribution in [3.63, 3.8) is 0 Å². The molecule has 0 bridgehead atoms. The monoisotopic (exact) mass is 358 g/mol. The molecule has 4 heteroatoms. The lowest BCUT2D eigenvalue weighted by molar-refractivity contribution is 0.0265. The molecular formula is C21H30O3Si. The average molecular weight is 359 g/mol. The minimum atomic E-state index is -2.68. The zero-order valence-electron chi connectivity index (χ0n) is 15.6. The van der Waals surface area contributed by atoms with Crippen molar-refractivity contribution in [3.05, 3.63) is 60.7 Å². The predicted octanol–water partition coefficient (Wildman–Crippen LogP) is 2.69. The Morgan fingerprint density at radius 3 is 1.68 bits per heavy atom. The summed E-state index contributed by atoms with van der Waals surface area (Å²) < 4.78 is 6.81. The normalized spacial score (nSPS) is 15.0. The SMILES string of the molecule is CC(O)[C@@H](CCO)O[Si](c1ccccc1)(c1ccccc1)C(C)(C)C. The molecule has 0 aliphatic carbocycles. The number of hydrogen-bond acceptors (Lipinski definition) is 3. The van der Waals surface area contributed by atoms with Crippen molar-refractivity contribution in [2.45, 2.75) is 51.4 Å². The van der Waals surface area contributed by atoms with Gasteiger partial charge in [-0.25, -0.2) is 0 Å². The molecular weight excluding hydrogens is 328 g/mol. The molecule has 0 saturated heterocycles. The molecule has 0 spiro atoms. The molecule has 2 aromatic carbocycles. The van der Waals surface area contributed by atoms with E-state index in [2.05, 4.69) is 45.0 Å². The van der Waals surface area contributed by atoms with Gasteiger partial charge >= 0.3 is 0 Å². The summed E-state index contributed by atoms with van der Waals surface area (Å²) >= 11 is 0. The van der Waals surface area contributed by atoms with Crippen LogP contribution in [0, 0.1) is 0 Å². The highest BCUT2D eigenvalue weighted by Crippen LogP contribution is 2.38.